The van der Waals surface area contributed by atoms with E-state index >= 15 is 0 Å². The number of aliphatic hydroxyl groups is 1. The molecule has 0 aliphatic heterocycles. The van der Waals surface area contributed by atoms with Gasteiger partial charge < -0.3 is 10.4 Å². The van der Waals surface area contributed by atoms with Crippen LogP contribution in [0.2, 0.25) is 10.0 Å². The Morgan fingerprint density at radius 2 is 1.39 bits per heavy atom. The Morgan fingerprint density at radius 3 is 1.87 bits per heavy atom. The summed E-state index contributed by atoms with van der Waals surface area (Å²) in [6.45, 7) is 3.00. The van der Waals surface area contributed by atoms with E-state index < -0.39 is 6.10 Å². The number of aliphatic hydroxyl groups excluding tert-OH is 1. The molecule has 2 nitrogen and oxygen atoms in total. The van der Waals surface area contributed by atoms with Crippen LogP contribution in [0.4, 0.5) is 0 Å². The van der Waals surface area contributed by atoms with Crippen LogP contribution in [0.1, 0.15) is 43.0 Å². The summed E-state index contributed by atoms with van der Waals surface area (Å²) in [5, 5.41) is 15.6. The lowest BCUT2D eigenvalue weighted by Gasteiger charge is -2.25. The van der Waals surface area contributed by atoms with Crippen LogP contribution in [-0.4, -0.2) is 11.7 Å². The highest BCUT2D eigenvalue weighted by Gasteiger charge is 2.22. The molecule has 2 aromatic rings. The topological polar surface area (TPSA) is 32.3 Å². The zero-order chi connectivity index (χ0) is 15.9. The van der Waals surface area contributed by atoms with E-state index in [2.05, 4.69) is 12.2 Å². The first-order valence-corrected chi connectivity index (χ1v) is 8.29. The molecule has 23 heavy (non-hydrogen) atoms. The van der Waals surface area contributed by atoms with E-state index in [1.807, 2.05) is 36.4 Å². The molecule has 0 aromatic heterocycles. The quantitative estimate of drug-likeness (QED) is 0.620. The van der Waals surface area contributed by atoms with Gasteiger partial charge >= 0.3 is 0 Å². The molecule has 2 rings (SSSR count). The van der Waals surface area contributed by atoms with Crippen LogP contribution in [0, 0.1) is 0 Å². The Labute approximate surface area is 154 Å². The summed E-state index contributed by atoms with van der Waals surface area (Å²) in [5.41, 5.74) is 1.86. The Balaban J connectivity index is 0.00000264. The Kier molecular flexibility index (Phi) is 8.96. The molecule has 0 amide bonds. The molecule has 0 bridgehead atoms. The minimum Gasteiger partial charge on any atom is -0.386 e. The Bertz CT molecular complexity index is 572. The first kappa shape index (κ1) is 20.3. The lowest BCUT2D eigenvalue weighted by atomic mass is 9.95. The van der Waals surface area contributed by atoms with Crippen molar-refractivity contribution >= 4 is 35.6 Å². The number of rotatable bonds is 7. The molecule has 2 N–H and O–H groups in total. The molecule has 0 spiro atoms. The molecule has 5 heteroatoms. The maximum absolute atomic E-state index is 10.8. The number of benzene rings is 2. The van der Waals surface area contributed by atoms with Gasteiger partial charge in [0.1, 0.15) is 0 Å². The molecule has 2 atom stereocenters. The van der Waals surface area contributed by atoms with Gasteiger partial charge in [-0.3, -0.25) is 0 Å². The largest absolute Gasteiger partial charge is 0.386 e. The SMILES string of the molecule is CCCCNC(c1ccc(Cl)cc1)C(O)c1ccc(Cl)cc1.Cl. The summed E-state index contributed by atoms with van der Waals surface area (Å²) in [5.74, 6) is 0. The second kappa shape index (κ2) is 10.2. The average molecular weight is 375 g/mol. The minimum atomic E-state index is -0.643. The first-order valence-electron chi connectivity index (χ1n) is 7.54. The number of hydrogen-bond donors (Lipinski definition) is 2. The van der Waals surface area contributed by atoms with Gasteiger partial charge in [0.15, 0.2) is 0 Å². The lowest BCUT2D eigenvalue weighted by Crippen LogP contribution is -2.28. The van der Waals surface area contributed by atoms with Crippen molar-refractivity contribution in [3.63, 3.8) is 0 Å². The van der Waals surface area contributed by atoms with Crippen molar-refractivity contribution in [1.82, 2.24) is 5.32 Å². The van der Waals surface area contributed by atoms with Crippen LogP contribution in [0.5, 0.6) is 0 Å². The van der Waals surface area contributed by atoms with Crippen LogP contribution >= 0.6 is 35.6 Å². The van der Waals surface area contributed by atoms with Gasteiger partial charge in [0.05, 0.1) is 12.1 Å². The van der Waals surface area contributed by atoms with Gasteiger partial charge in [0.2, 0.25) is 0 Å². The Morgan fingerprint density at radius 1 is 0.913 bits per heavy atom. The van der Waals surface area contributed by atoms with E-state index in [0.29, 0.717) is 10.0 Å². The average Bonchev–Trinajstić information content (AvgIpc) is 2.53. The number of unbranched alkanes of at least 4 members (excludes halogenated alkanes) is 1. The highest BCUT2D eigenvalue weighted by Crippen LogP contribution is 2.30. The van der Waals surface area contributed by atoms with E-state index in [1.54, 1.807) is 12.1 Å². The minimum absolute atomic E-state index is 0. The van der Waals surface area contributed by atoms with Crippen molar-refractivity contribution in [2.24, 2.45) is 0 Å². The van der Waals surface area contributed by atoms with Gasteiger partial charge in [-0.15, -0.1) is 12.4 Å². The van der Waals surface area contributed by atoms with Gasteiger partial charge in [-0.2, -0.15) is 0 Å². The van der Waals surface area contributed by atoms with Crippen molar-refractivity contribution < 1.29 is 5.11 Å². The monoisotopic (exact) mass is 373 g/mol. The third-order valence-electron chi connectivity index (χ3n) is 3.65. The van der Waals surface area contributed by atoms with Gasteiger partial charge in [-0.25, -0.2) is 0 Å². The number of nitrogens with one attached hydrogen (secondary N) is 1. The van der Waals surface area contributed by atoms with Crippen LogP contribution in [0.15, 0.2) is 48.5 Å². The molecule has 0 aliphatic rings. The van der Waals surface area contributed by atoms with E-state index in [1.165, 1.54) is 0 Å². The smallest absolute Gasteiger partial charge is 0.0984 e. The molecule has 2 aromatic carbocycles. The molecule has 126 valence electrons. The molecule has 0 saturated carbocycles. The summed E-state index contributed by atoms with van der Waals surface area (Å²) < 4.78 is 0. The van der Waals surface area contributed by atoms with Crippen molar-refractivity contribution in [2.45, 2.75) is 31.9 Å². The highest BCUT2D eigenvalue weighted by molar-refractivity contribution is 6.30. The zero-order valence-corrected chi connectivity index (χ0v) is 15.3. The second-order valence-corrected chi connectivity index (χ2v) is 6.21. The predicted molar refractivity (Wildman–Crippen MR) is 101 cm³/mol. The first-order chi connectivity index (χ1) is 10.6. The fourth-order valence-electron chi connectivity index (χ4n) is 2.37. The number of hydrogen-bond acceptors (Lipinski definition) is 2. The van der Waals surface area contributed by atoms with E-state index in [4.69, 9.17) is 23.2 Å². The summed E-state index contributed by atoms with van der Waals surface area (Å²) in [6.07, 6.45) is 1.53. The summed E-state index contributed by atoms with van der Waals surface area (Å²) in [7, 11) is 0. The summed E-state index contributed by atoms with van der Waals surface area (Å²) >= 11 is 11.9. The van der Waals surface area contributed by atoms with E-state index in [-0.39, 0.29) is 18.4 Å². The summed E-state index contributed by atoms with van der Waals surface area (Å²) in [4.78, 5) is 0. The maximum atomic E-state index is 10.8. The van der Waals surface area contributed by atoms with Gasteiger partial charge in [-0.1, -0.05) is 60.8 Å². The third kappa shape index (κ3) is 5.98. The standard InChI is InChI=1S/C18H21Cl2NO.ClH/c1-2-3-12-21-17(13-4-8-15(19)9-5-13)18(22)14-6-10-16(20)11-7-14;/h4-11,17-18,21-22H,2-3,12H2,1H3;1H. The molecular formula is C18H22Cl3NO. The van der Waals surface area contributed by atoms with E-state index in [0.717, 1.165) is 30.5 Å². The maximum Gasteiger partial charge on any atom is 0.0984 e. The van der Waals surface area contributed by atoms with Gasteiger partial charge in [0.25, 0.3) is 0 Å². The van der Waals surface area contributed by atoms with Gasteiger partial charge in [-0.05, 0) is 48.4 Å². The molecule has 0 heterocycles. The molecular weight excluding hydrogens is 353 g/mol. The predicted octanol–water partition coefficient (Wildman–Crippen LogP) is 5.58. The van der Waals surface area contributed by atoms with Crippen molar-refractivity contribution in [2.75, 3.05) is 6.54 Å². The zero-order valence-electron chi connectivity index (χ0n) is 13.0. The molecule has 0 aliphatic carbocycles. The fourth-order valence-corrected chi connectivity index (χ4v) is 2.62. The second-order valence-electron chi connectivity index (χ2n) is 5.33. The third-order valence-corrected chi connectivity index (χ3v) is 4.15. The van der Waals surface area contributed by atoms with Crippen molar-refractivity contribution in [3.8, 4) is 0 Å². The molecule has 0 saturated heterocycles. The van der Waals surface area contributed by atoms with Crippen LogP contribution in [0.25, 0.3) is 0 Å². The lowest BCUT2D eigenvalue weighted by molar-refractivity contribution is 0.128. The van der Waals surface area contributed by atoms with Crippen molar-refractivity contribution in [3.05, 3.63) is 69.7 Å². The van der Waals surface area contributed by atoms with Crippen LogP contribution < -0.4 is 5.32 Å². The molecule has 0 fully saturated rings. The fraction of sp³-hybridized carbons (Fsp3) is 0.333. The number of halogens is 3. The van der Waals surface area contributed by atoms with E-state index in [9.17, 15) is 5.11 Å². The van der Waals surface area contributed by atoms with Gasteiger partial charge in [0, 0.05) is 10.0 Å². The summed E-state index contributed by atoms with van der Waals surface area (Å²) in [6, 6.07) is 14.7. The molecule has 2 unspecified atom stereocenters. The van der Waals surface area contributed by atoms with Crippen LogP contribution in [-0.2, 0) is 0 Å². The Hall–Kier alpha value is -0.770. The highest BCUT2D eigenvalue weighted by atomic mass is 35.5. The molecule has 0 radical (unpaired) electrons. The van der Waals surface area contributed by atoms with Crippen molar-refractivity contribution in [1.29, 1.82) is 0 Å². The normalized spacial score (nSPS) is 13.2. The van der Waals surface area contributed by atoms with Crippen LogP contribution in [0.3, 0.4) is 0 Å².